The topological polar surface area (TPSA) is 127 Å². The van der Waals surface area contributed by atoms with Crippen molar-refractivity contribution in [2.24, 2.45) is 5.92 Å². The third-order valence-electron chi connectivity index (χ3n) is 10.2. The van der Waals surface area contributed by atoms with E-state index >= 15 is 8.78 Å². The van der Waals surface area contributed by atoms with E-state index in [0.717, 1.165) is 12.1 Å². The van der Waals surface area contributed by atoms with Gasteiger partial charge in [-0.15, -0.1) is 0 Å². The van der Waals surface area contributed by atoms with E-state index < -0.39 is 47.9 Å². The molecule has 4 aliphatic rings. The number of carboxylic acids is 1. The second-order valence-electron chi connectivity index (χ2n) is 13.6. The molecular weight excluding hydrogens is 660 g/mol. The first-order valence-corrected chi connectivity index (χ1v) is 16.9. The van der Waals surface area contributed by atoms with Gasteiger partial charge in [0.2, 0.25) is 11.7 Å². The summed E-state index contributed by atoms with van der Waals surface area (Å²) in [6.45, 7) is 2.85. The number of aliphatic carboxylic acids is 1. The number of carbonyl (C=O) groups excluding carboxylic acids is 1. The number of nitrogens with zero attached hydrogens (tertiary/aromatic N) is 6. The van der Waals surface area contributed by atoms with Crippen LogP contribution in [0, 0.1) is 17.6 Å². The van der Waals surface area contributed by atoms with Gasteiger partial charge in [-0.1, -0.05) is 13.3 Å². The van der Waals surface area contributed by atoms with Gasteiger partial charge in [-0.25, -0.2) is 23.5 Å². The Morgan fingerprint density at radius 1 is 1.02 bits per heavy atom. The zero-order valence-electron chi connectivity index (χ0n) is 27.1. The van der Waals surface area contributed by atoms with Crippen molar-refractivity contribution >= 4 is 50.8 Å². The number of aromatic nitrogens is 4. The molecule has 262 valence electrons. The van der Waals surface area contributed by atoms with Crippen LogP contribution in [0.4, 0.5) is 23.4 Å². The van der Waals surface area contributed by atoms with E-state index in [-0.39, 0.29) is 77.6 Å². The number of rotatable bonds is 1. The van der Waals surface area contributed by atoms with Gasteiger partial charge in [-0.2, -0.15) is 13.8 Å². The van der Waals surface area contributed by atoms with Crippen molar-refractivity contribution in [2.75, 3.05) is 24.5 Å². The third-order valence-corrected chi connectivity index (χ3v) is 10.2. The zero-order chi connectivity index (χ0) is 34.9. The van der Waals surface area contributed by atoms with E-state index in [1.165, 1.54) is 23.1 Å². The van der Waals surface area contributed by atoms with Crippen molar-refractivity contribution in [1.82, 2.24) is 24.4 Å². The molecule has 6 bridgehead atoms. The lowest BCUT2D eigenvalue weighted by Crippen LogP contribution is -2.43. The van der Waals surface area contributed by atoms with E-state index in [2.05, 4.69) is 15.0 Å². The third kappa shape index (κ3) is 5.56. The van der Waals surface area contributed by atoms with Gasteiger partial charge in [0.25, 0.3) is 6.01 Å². The van der Waals surface area contributed by atoms with Gasteiger partial charge < -0.3 is 24.1 Å². The van der Waals surface area contributed by atoms with Crippen molar-refractivity contribution in [3.8, 4) is 6.01 Å². The normalized spacial score (nSPS) is 24.5. The van der Waals surface area contributed by atoms with Gasteiger partial charge in [0, 0.05) is 55.9 Å². The minimum Gasteiger partial charge on any atom is -0.480 e. The predicted octanol–water partition coefficient (Wildman–Crippen LogP) is 6.58. The fraction of sp³-hybridized carbons (Fsp3) is 0.457. The van der Waals surface area contributed by atoms with Gasteiger partial charge in [0.05, 0.1) is 17.6 Å². The summed E-state index contributed by atoms with van der Waals surface area (Å²) in [7, 11) is 0. The van der Waals surface area contributed by atoms with Crippen molar-refractivity contribution in [2.45, 2.75) is 76.0 Å². The van der Waals surface area contributed by atoms with Crippen molar-refractivity contribution in [3.05, 3.63) is 53.9 Å². The molecule has 0 saturated carbocycles. The van der Waals surface area contributed by atoms with Crippen LogP contribution in [0.15, 0.2) is 40.8 Å². The van der Waals surface area contributed by atoms with Crippen LogP contribution in [0.25, 0.3) is 33.1 Å². The molecule has 1 amide bonds. The molecule has 7 heterocycles. The molecule has 15 heteroatoms. The quantitative estimate of drug-likeness (QED) is 0.194. The number of piperidine rings is 1. The number of ether oxygens (including phenoxy) is 1. The maximum Gasteiger partial charge on any atom is 0.326 e. The standard InChI is InChI=1S/C35H34F4N6O5/c1-18-16-43-12-10-24(18)45-25-9-7-19(36)13-23(25)40-34(45)49-21-15-26(32(47)48)44(17-21)31-30-29(22-8-6-20(37)14-27(22)50-30)41-33(42-31)35(38,39)11-4-2-3-5-28(43)46/h6-9,13-14,18,21,24,26H,2-5,10-12,15-17H2,1H3,(H,47,48)/t18-,21-,24-,26-/m0/s1. The highest BCUT2D eigenvalue weighted by Gasteiger charge is 2.44. The van der Waals surface area contributed by atoms with E-state index in [0.29, 0.717) is 43.4 Å². The Kier molecular flexibility index (Phi) is 7.83. The molecule has 11 nitrogen and oxygen atoms in total. The molecule has 50 heavy (non-hydrogen) atoms. The summed E-state index contributed by atoms with van der Waals surface area (Å²) in [6, 6.07) is 6.64. The highest BCUT2D eigenvalue weighted by atomic mass is 19.3. The lowest BCUT2D eigenvalue weighted by atomic mass is 9.93. The van der Waals surface area contributed by atoms with Gasteiger partial charge >= 0.3 is 11.9 Å². The number of alkyl halides is 2. The first-order valence-electron chi connectivity index (χ1n) is 16.9. The summed E-state index contributed by atoms with van der Waals surface area (Å²) in [4.78, 5) is 42.1. The van der Waals surface area contributed by atoms with E-state index in [9.17, 15) is 23.5 Å². The van der Waals surface area contributed by atoms with Gasteiger partial charge in [-0.3, -0.25) is 9.36 Å². The summed E-state index contributed by atoms with van der Waals surface area (Å²) < 4.78 is 74.7. The summed E-state index contributed by atoms with van der Waals surface area (Å²) in [5.41, 5.74) is 0.979. The molecular formula is C35H34F4N6O5. The van der Waals surface area contributed by atoms with Crippen LogP contribution in [-0.4, -0.2) is 73.2 Å². The number of fused-ring (bicyclic) bond motifs is 12. The number of imidazole rings is 1. The largest absolute Gasteiger partial charge is 0.480 e. The van der Waals surface area contributed by atoms with Gasteiger partial charge in [0.1, 0.15) is 34.9 Å². The average Bonchev–Trinajstić information content (AvgIpc) is 3.76. The van der Waals surface area contributed by atoms with E-state index in [4.69, 9.17) is 9.15 Å². The van der Waals surface area contributed by atoms with Crippen LogP contribution < -0.4 is 9.64 Å². The number of furan rings is 1. The number of carboxylic acid groups (broad SMARTS) is 1. The molecule has 0 radical (unpaired) electrons. The number of hydrogen-bond acceptors (Lipinski definition) is 8. The predicted molar refractivity (Wildman–Crippen MR) is 173 cm³/mol. The molecule has 0 spiro atoms. The van der Waals surface area contributed by atoms with E-state index in [1.807, 2.05) is 11.5 Å². The Balaban J connectivity index is 1.27. The molecule has 4 aliphatic heterocycles. The average molecular weight is 695 g/mol. The smallest absolute Gasteiger partial charge is 0.326 e. The van der Waals surface area contributed by atoms with Crippen molar-refractivity contribution in [1.29, 1.82) is 0 Å². The number of halogens is 4. The van der Waals surface area contributed by atoms with Crippen molar-refractivity contribution < 1.29 is 41.4 Å². The van der Waals surface area contributed by atoms with Gasteiger partial charge in [0.15, 0.2) is 11.4 Å². The molecule has 5 aromatic rings. The molecule has 2 aromatic carbocycles. The second-order valence-corrected chi connectivity index (χ2v) is 13.6. The molecule has 2 fully saturated rings. The number of benzene rings is 2. The molecule has 4 atom stereocenters. The summed E-state index contributed by atoms with van der Waals surface area (Å²) in [5.74, 6) is -6.91. The fourth-order valence-corrected chi connectivity index (χ4v) is 7.73. The Bertz CT molecular complexity index is 2150. The molecule has 0 unspecified atom stereocenters. The first kappa shape index (κ1) is 32.3. The maximum absolute atomic E-state index is 15.9. The highest BCUT2D eigenvalue weighted by molar-refractivity contribution is 6.06. The SMILES string of the molecule is C[C@H]1CN2CC[C@@H]1n1c(nc3cc(F)ccc31)O[C@H]1C[C@@H](C(=O)O)N(C1)c1nc(nc3c1oc1cc(F)ccc13)C(F)(F)CCCCCC2=O. The minimum absolute atomic E-state index is 0.00352. The summed E-state index contributed by atoms with van der Waals surface area (Å²) in [5, 5.41) is 10.6. The van der Waals surface area contributed by atoms with Crippen LogP contribution in [-0.2, 0) is 15.5 Å². The number of carbonyl (C=O) groups is 2. The second kappa shape index (κ2) is 12.1. The molecule has 9 rings (SSSR count). The zero-order valence-corrected chi connectivity index (χ0v) is 27.1. The van der Waals surface area contributed by atoms with Crippen LogP contribution >= 0.6 is 0 Å². The maximum atomic E-state index is 15.9. The van der Waals surface area contributed by atoms with Gasteiger partial charge in [-0.05, 0) is 49.4 Å². The highest BCUT2D eigenvalue weighted by Crippen LogP contribution is 2.42. The Morgan fingerprint density at radius 2 is 1.82 bits per heavy atom. The van der Waals surface area contributed by atoms with Crippen LogP contribution in [0.5, 0.6) is 6.01 Å². The lowest BCUT2D eigenvalue weighted by molar-refractivity contribution is -0.138. The number of hydrogen-bond donors (Lipinski definition) is 1. The molecule has 3 aromatic heterocycles. The summed E-state index contributed by atoms with van der Waals surface area (Å²) >= 11 is 0. The molecule has 1 N–H and O–H groups in total. The summed E-state index contributed by atoms with van der Waals surface area (Å²) in [6.07, 6.45) is 0.228. The minimum atomic E-state index is -3.51. The molecule has 0 aliphatic carbocycles. The van der Waals surface area contributed by atoms with Crippen molar-refractivity contribution in [3.63, 3.8) is 0 Å². The van der Waals surface area contributed by atoms with Crippen LogP contribution in [0.1, 0.15) is 63.7 Å². The fourth-order valence-electron chi connectivity index (χ4n) is 7.73. The number of anilines is 1. The van der Waals surface area contributed by atoms with Crippen LogP contribution in [0.2, 0.25) is 0 Å². The monoisotopic (exact) mass is 694 g/mol. The van der Waals surface area contributed by atoms with E-state index in [1.54, 1.807) is 11.0 Å². The Labute approximate surface area is 282 Å². The Hall–Kier alpha value is -4.95. The molecule has 2 saturated heterocycles. The Morgan fingerprint density at radius 3 is 2.62 bits per heavy atom. The lowest BCUT2D eigenvalue weighted by Gasteiger charge is -2.38. The number of amides is 1. The first-order chi connectivity index (χ1) is 24.0. The van der Waals surface area contributed by atoms with Crippen LogP contribution in [0.3, 0.4) is 0 Å².